The van der Waals surface area contributed by atoms with Gasteiger partial charge >= 0.3 is 0 Å². The second kappa shape index (κ2) is 9.00. The zero-order chi connectivity index (χ0) is 21.9. The van der Waals surface area contributed by atoms with E-state index in [0.29, 0.717) is 55.6 Å². The van der Waals surface area contributed by atoms with Crippen LogP contribution in [0, 0.1) is 5.82 Å². The van der Waals surface area contributed by atoms with Gasteiger partial charge in [0.2, 0.25) is 5.95 Å². The van der Waals surface area contributed by atoms with Crippen LogP contribution in [0.25, 0.3) is 11.3 Å². The Hall–Kier alpha value is -3.39. The van der Waals surface area contributed by atoms with Crippen LogP contribution in [0.15, 0.2) is 55.0 Å². The molecule has 8 heteroatoms. The molecule has 0 N–H and O–H groups in total. The number of hydrogen-bond donors (Lipinski definition) is 0. The van der Waals surface area contributed by atoms with E-state index >= 15 is 0 Å². The second-order valence-electron chi connectivity index (χ2n) is 8.03. The molecule has 1 aliphatic heterocycles. The number of amides is 1. The molecule has 5 rings (SSSR count). The first-order valence-electron chi connectivity index (χ1n) is 10.9. The number of ether oxygens (including phenoxy) is 1. The van der Waals surface area contributed by atoms with Gasteiger partial charge in [0.05, 0.1) is 24.5 Å². The van der Waals surface area contributed by atoms with Gasteiger partial charge in [0.25, 0.3) is 5.91 Å². The lowest BCUT2D eigenvalue weighted by molar-refractivity contribution is 0.0729. The predicted octanol–water partition coefficient (Wildman–Crippen LogP) is 3.32. The lowest BCUT2D eigenvalue weighted by Crippen LogP contribution is -2.38. The minimum atomic E-state index is -0.416. The maximum atomic E-state index is 14.8. The van der Waals surface area contributed by atoms with Crippen LogP contribution in [0.1, 0.15) is 28.8 Å². The third-order valence-corrected chi connectivity index (χ3v) is 5.78. The summed E-state index contributed by atoms with van der Waals surface area (Å²) in [4.78, 5) is 30.8. The van der Waals surface area contributed by atoms with Crippen LogP contribution in [0.2, 0.25) is 0 Å². The van der Waals surface area contributed by atoms with Gasteiger partial charge < -0.3 is 14.5 Å². The van der Waals surface area contributed by atoms with Gasteiger partial charge in [-0.25, -0.2) is 14.4 Å². The van der Waals surface area contributed by atoms with Crippen molar-refractivity contribution in [3.05, 3.63) is 71.9 Å². The number of morpholine rings is 1. The van der Waals surface area contributed by atoms with Gasteiger partial charge in [0.1, 0.15) is 5.82 Å². The highest BCUT2D eigenvalue weighted by molar-refractivity contribution is 6.00. The highest BCUT2D eigenvalue weighted by Crippen LogP contribution is 2.33. The van der Waals surface area contributed by atoms with Crippen molar-refractivity contribution in [2.24, 2.45) is 0 Å². The largest absolute Gasteiger partial charge is 0.378 e. The van der Waals surface area contributed by atoms with E-state index in [0.717, 1.165) is 18.4 Å². The lowest BCUT2D eigenvalue weighted by Gasteiger charge is -2.28. The number of carbonyl (C=O) groups is 1. The molecule has 2 aliphatic rings. The summed E-state index contributed by atoms with van der Waals surface area (Å²) in [6.45, 7) is 2.94. The number of nitrogens with zero attached hydrogens (tertiary/aromatic N) is 5. The van der Waals surface area contributed by atoms with Crippen LogP contribution in [0.4, 0.5) is 10.3 Å². The van der Waals surface area contributed by atoms with E-state index in [1.165, 1.54) is 6.07 Å². The number of carbonyl (C=O) groups excluding carboxylic acids is 1. The van der Waals surface area contributed by atoms with Crippen LogP contribution in [0.5, 0.6) is 0 Å². The Morgan fingerprint density at radius 3 is 2.59 bits per heavy atom. The van der Waals surface area contributed by atoms with E-state index < -0.39 is 5.82 Å². The molecule has 1 aliphatic carbocycles. The summed E-state index contributed by atoms with van der Waals surface area (Å²) in [6, 6.07) is 10.4. The number of anilines is 1. The fourth-order valence-electron chi connectivity index (χ4n) is 3.90. The summed E-state index contributed by atoms with van der Waals surface area (Å²) < 4.78 is 20.2. The van der Waals surface area contributed by atoms with Crippen LogP contribution < -0.4 is 4.90 Å². The molecule has 0 spiro atoms. The molecule has 1 saturated heterocycles. The van der Waals surface area contributed by atoms with Crippen LogP contribution >= 0.6 is 0 Å². The SMILES string of the molecule is O=C(c1cnc(N2CCOCC2)nc1-c1ccccc1F)N(Cc1ccncc1)C1CC1. The number of aromatic nitrogens is 3. The molecular formula is C24H24FN5O2. The zero-order valence-electron chi connectivity index (χ0n) is 17.7. The minimum Gasteiger partial charge on any atom is -0.378 e. The Morgan fingerprint density at radius 1 is 1.12 bits per heavy atom. The standard InChI is InChI=1S/C24H24FN5O2/c25-21-4-2-1-3-19(21)22-20(15-27-24(28-22)29-11-13-32-14-12-29)23(31)30(18-5-6-18)16-17-7-9-26-10-8-17/h1-4,7-10,15,18H,5-6,11-14,16H2. The van der Waals surface area contributed by atoms with Gasteiger partial charge in [-0.2, -0.15) is 0 Å². The van der Waals surface area contributed by atoms with Crippen molar-refractivity contribution >= 4 is 11.9 Å². The molecule has 32 heavy (non-hydrogen) atoms. The summed E-state index contributed by atoms with van der Waals surface area (Å²) in [5.41, 5.74) is 1.93. The van der Waals surface area contributed by atoms with Crippen molar-refractivity contribution < 1.29 is 13.9 Å². The minimum absolute atomic E-state index is 0.169. The molecule has 1 saturated carbocycles. The third kappa shape index (κ3) is 4.31. The highest BCUT2D eigenvalue weighted by atomic mass is 19.1. The molecule has 3 aromatic rings. The summed E-state index contributed by atoms with van der Waals surface area (Å²) in [5.74, 6) is -0.119. The zero-order valence-corrected chi connectivity index (χ0v) is 17.7. The van der Waals surface area contributed by atoms with E-state index in [2.05, 4.69) is 15.0 Å². The Balaban J connectivity index is 1.54. The molecule has 2 aromatic heterocycles. The Labute approximate surface area is 185 Å². The number of hydrogen-bond acceptors (Lipinski definition) is 6. The van der Waals surface area contributed by atoms with Crippen LogP contribution in [-0.2, 0) is 11.3 Å². The molecule has 1 aromatic carbocycles. The molecular weight excluding hydrogens is 409 g/mol. The molecule has 7 nitrogen and oxygen atoms in total. The number of rotatable bonds is 6. The maximum Gasteiger partial charge on any atom is 0.258 e. The summed E-state index contributed by atoms with van der Waals surface area (Å²) in [6.07, 6.45) is 6.90. The van der Waals surface area contributed by atoms with Gasteiger partial charge in [-0.05, 0) is 42.7 Å². The van der Waals surface area contributed by atoms with Gasteiger partial charge in [0, 0.05) is 49.8 Å². The van der Waals surface area contributed by atoms with Gasteiger partial charge in [-0.3, -0.25) is 9.78 Å². The van der Waals surface area contributed by atoms with Crippen molar-refractivity contribution in [1.82, 2.24) is 19.9 Å². The van der Waals surface area contributed by atoms with Gasteiger partial charge in [-0.15, -0.1) is 0 Å². The molecule has 3 heterocycles. The van der Waals surface area contributed by atoms with Crippen molar-refractivity contribution in [2.45, 2.75) is 25.4 Å². The highest BCUT2D eigenvalue weighted by Gasteiger charge is 2.35. The first-order chi connectivity index (χ1) is 15.7. The van der Waals surface area contributed by atoms with E-state index in [1.54, 1.807) is 36.8 Å². The average Bonchev–Trinajstić information content (AvgIpc) is 3.69. The van der Waals surface area contributed by atoms with E-state index in [9.17, 15) is 9.18 Å². The Kier molecular flexibility index (Phi) is 5.77. The normalized spacial score (nSPS) is 16.1. The molecule has 0 radical (unpaired) electrons. The smallest absolute Gasteiger partial charge is 0.258 e. The quantitative estimate of drug-likeness (QED) is 0.594. The van der Waals surface area contributed by atoms with E-state index in [-0.39, 0.29) is 11.9 Å². The van der Waals surface area contributed by atoms with Crippen molar-refractivity contribution in [3.8, 4) is 11.3 Å². The first-order valence-corrected chi connectivity index (χ1v) is 10.9. The predicted molar refractivity (Wildman–Crippen MR) is 118 cm³/mol. The maximum absolute atomic E-state index is 14.8. The van der Waals surface area contributed by atoms with E-state index in [1.807, 2.05) is 21.9 Å². The summed E-state index contributed by atoms with van der Waals surface area (Å²) >= 11 is 0. The van der Waals surface area contributed by atoms with Crippen molar-refractivity contribution in [1.29, 1.82) is 0 Å². The molecule has 0 unspecified atom stereocenters. The molecule has 0 atom stereocenters. The van der Waals surface area contributed by atoms with Crippen LogP contribution in [0.3, 0.4) is 0 Å². The first kappa shape index (κ1) is 20.5. The molecule has 1 amide bonds. The van der Waals surface area contributed by atoms with Crippen molar-refractivity contribution in [3.63, 3.8) is 0 Å². The molecule has 2 fully saturated rings. The van der Waals surface area contributed by atoms with Gasteiger partial charge in [-0.1, -0.05) is 12.1 Å². The average molecular weight is 433 g/mol. The number of benzene rings is 1. The fourth-order valence-corrected chi connectivity index (χ4v) is 3.90. The van der Waals surface area contributed by atoms with Crippen LogP contribution in [-0.4, -0.2) is 58.1 Å². The number of halogens is 1. The van der Waals surface area contributed by atoms with Gasteiger partial charge in [0.15, 0.2) is 0 Å². The van der Waals surface area contributed by atoms with Crippen molar-refractivity contribution in [2.75, 3.05) is 31.2 Å². The molecule has 164 valence electrons. The number of pyridine rings is 1. The van der Waals surface area contributed by atoms with E-state index in [4.69, 9.17) is 4.74 Å². The fraction of sp³-hybridized carbons (Fsp3) is 0.333. The monoisotopic (exact) mass is 433 g/mol. The topological polar surface area (TPSA) is 71.5 Å². The second-order valence-corrected chi connectivity index (χ2v) is 8.03. The lowest BCUT2D eigenvalue weighted by atomic mass is 10.0. The third-order valence-electron chi connectivity index (χ3n) is 5.78. The summed E-state index contributed by atoms with van der Waals surface area (Å²) in [7, 11) is 0. The summed E-state index contributed by atoms with van der Waals surface area (Å²) in [5, 5.41) is 0. The molecule has 0 bridgehead atoms. The Bertz CT molecular complexity index is 1100. The Morgan fingerprint density at radius 2 is 1.88 bits per heavy atom.